The number of ether oxygens (including phenoxy) is 1. The molecule has 9 nitrogen and oxygen atoms in total. The van der Waals surface area contributed by atoms with Crippen LogP contribution in [0.1, 0.15) is 26.3 Å². The Morgan fingerprint density at radius 2 is 1.73 bits per heavy atom. The van der Waals surface area contributed by atoms with Gasteiger partial charge >= 0.3 is 0 Å². The molecular formula is C31H28N6O3. The molecule has 2 amide bonds. The van der Waals surface area contributed by atoms with Crippen LogP contribution in [0, 0.1) is 6.92 Å². The van der Waals surface area contributed by atoms with E-state index in [2.05, 4.69) is 20.5 Å². The van der Waals surface area contributed by atoms with Crippen LogP contribution in [0.15, 0.2) is 91.3 Å². The number of aromatic nitrogens is 3. The lowest BCUT2D eigenvalue weighted by Crippen LogP contribution is -2.52. The lowest BCUT2D eigenvalue weighted by atomic mass is 10.0. The SMILES string of the molecule is Cc1ccc(C(=O)N(c2ccccc2)N2CCOCC2)cc1-c1ccc(C(=O)Nc2ccc3cn[nH]c3c2)cn1. The van der Waals surface area contributed by atoms with E-state index in [9.17, 15) is 9.59 Å². The fourth-order valence-corrected chi connectivity index (χ4v) is 4.79. The number of carbonyl (C=O) groups is 2. The van der Waals surface area contributed by atoms with Gasteiger partial charge in [-0.3, -0.25) is 19.7 Å². The van der Waals surface area contributed by atoms with Gasteiger partial charge in [-0.1, -0.05) is 24.3 Å². The van der Waals surface area contributed by atoms with Crippen molar-refractivity contribution in [3.8, 4) is 11.3 Å². The normalized spacial score (nSPS) is 13.7. The fraction of sp³-hybridized carbons (Fsp3) is 0.161. The topological polar surface area (TPSA) is 103 Å². The van der Waals surface area contributed by atoms with Gasteiger partial charge < -0.3 is 10.1 Å². The number of hydrogen-bond donors (Lipinski definition) is 2. The highest BCUT2D eigenvalue weighted by Crippen LogP contribution is 2.27. The Kier molecular flexibility index (Phi) is 7.05. The van der Waals surface area contributed by atoms with E-state index in [0.717, 1.165) is 27.7 Å². The molecule has 0 bridgehead atoms. The summed E-state index contributed by atoms with van der Waals surface area (Å²) in [7, 11) is 0. The first-order valence-electron chi connectivity index (χ1n) is 13.1. The van der Waals surface area contributed by atoms with Crippen molar-refractivity contribution < 1.29 is 14.3 Å². The summed E-state index contributed by atoms with van der Waals surface area (Å²) in [4.78, 5) is 31.3. The number of amides is 2. The molecule has 2 N–H and O–H groups in total. The number of fused-ring (bicyclic) bond motifs is 1. The predicted octanol–water partition coefficient (Wildman–Crippen LogP) is 5.08. The highest BCUT2D eigenvalue weighted by Gasteiger charge is 2.26. The minimum Gasteiger partial charge on any atom is -0.379 e. The van der Waals surface area contributed by atoms with Crippen LogP contribution < -0.4 is 10.3 Å². The molecule has 0 unspecified atom stereocenters. The van der Waals surface area contributed by atoms with Crippen LogP contribution >= 0.6 is 0 Å². The second-order valence-corrected chi connectivity index (χ2v) is 9.61. The van der Waals surface area contributed by atoms with E-state index < -0.39 is 0 Å². The summed E-state index contributed by atoms with van der Waals surface area (Å²) >= 11 is 0. The number of hydrazine groups is 1. The van der Waals surface area contributed by atoms with E-state index >= 15 is 0 Å². The summed E-state index contributed by atoms with van der Waals surface area (Å²) in [6.07, 6.45) is 3.29. The highest BCUT2D eigenvalue weighted by atomic mass is 16.5. The van der Waals surface area contributed by atoms with Crippen molar-refractivity contribution in [2.45, 2.75) is 6.92 Å². The molecule has 200 valence electrons. The van der Waals surface area contributed by atoms with Gasteiger partial charge in [0.05, 0.1) is 41.9 Å². The molecule has 5 aromatic rings. The third kappa shape index (κ3) is 5.20. The number of nitrogens with zero attached hydrogens (tertiary/aromatic N) is 4. The first-order chi connectivity index (χ1) is 19.6. The zero-order valence-corrected chi connectivity index (χ0v) is 22.0. The van der Waals surface area contributed by atoms with Crippen molar-refractivity contribution in [1.82, 2.24) is 20.2 Å². The monoisotopic (exact) mass is 532 g/mol. The Morgan fingerprint density at radius 3 is 2.50 bits per heavy atom. The van der Waals surface area contributed by atoms with Gasteiger partial charge in [-0.15, -0.1) is 0 Å². The van der Waals surface area contributed by atoms with E-state index in [4.69, 9.17) is 4.74 Å². The van der Waals surface area contributed by atoms with E-state index in [1.165, 1.54) is 0 Å². The summed E-state index contributed by atoms with van der Waals surface area (Å²) in [5.74, 6) is -0.387. The number of H-pyrrole nitrogens is 1. The number of rotatable bonds is 6. The van der Waals surface area contributed by atoms with E-state index in [1.54, 1.807) is 29.5 Å². The maximum absolute atomic E-state index is 13.9. The van der Waals surface area contributed by atoms with Gasteiger partial charge in [0.1, 0.15) is 0 Å². The Morgan fingerprint density at radius 1 is 0.925 bits per heavy atom. The molecule has 1 aliphatic rings. The first-order valence-corrected chi connectivity index (χ1v) is 13.1. The fourth-order valence-electron chi connectivity index (χ4n) is 4.79. The number of pyridine rings is 1. The standard InChI is InChI=1S/C31H28N6O3/c1-21-7-8-22(31(39)37(26-5-3-2-4-6-26)36-13-15-40-16-14-36)17-27(21)28-12-10-24(19-32-28)30(38)34-25-11-9-23-20-33-35-29(23)18-25/h2-12,17-20H,13-16H2,1H3,(H,33,35)(H,34,38). The number of hydrogen-bond acceptors (Lipinski definition) is 6. The molecule has 3 heterocycles. The Bertz CT molecular complexity index is 1660. The maximum atomic E-state index is 13.9. The van der Waals surface area contributed by atoms with Crippen molar-refractivity contribution in [3.05, 3.63) is 108 Å². The number of morpholine rings is 1. The second-order valence-electron chi connectivity index (χ2n) is 9.61. The third-order valence-corrected chi connectivity index (χ3v) is 6.95. The van der Waals surface area contributed by atoms with Crippen LogP contribution in [0.3, 0.4) is 0 Å². The first kappa shape index (κ1) is 25.4. The average Bonchev–Trinajstić information content (AvgIpc) is 3.47. The second kappa shape index (κ2) is 11.1. The minimum atomic E-state index is -0.262. The van der Waals surface area contributed by atoms with Gasteiger partial charge in [-0.2, -0.15) is 5.10 Å². The van der Waals surface area contributed by atoms with Gasteiger partial charge in [-0.25, -0.2) is 10.0 Å². The minimum absolute atomic E-state index is 0.125. The molecule has 1 fully saturated rings. The van der Waals surface area contributed by atoms with Crippen molar-refractivity contribution in [1.29, 1.82) is 0 Å². The van der Waals surface area contributed by atoms with Gasteiger partial charge in [-0.05, 0) is 67.1 Å². The molecule has 1 saturated heterocycles. The maximum Gasteiger partial charge on any atom is 0.272 e. The van der Waals surface area contributed by atoms with E-state index in [-0.39, 0.29) is 11.8 Å². The molecule has 40 heavy (non-hydrogen) atoms. The number of anilines is 2. The van der Waals surface area contributed by atoms with Gasteiger partial charge in [0.2, 0.25) is 0 Å². The van der Waals surface area contributed by atoms with Crippen LogP contribution in [0.5, 0.6) is 0 Å². The molecule has 0 atom stereocenters. The lowest BCUT2D eigenvalue weighted by molar-refractivity contribution is 0.0300. The highest BCUT2D eigenvalue weighted by molar-refractivity contribution is 6.06. The summed E-state index contributed by atoms with van der Waals surface area (Å²) in [5.41, 5.74) is 5.78. The Balaban J connectivity index is 1.24. The van der Waals surface area contributed by atoms with Crippen LogP contribution in [-0.2, 0) is 4.74 Å². The predicted molar refractivity (Wildman–Crippen MR) is 154 cm³/mol. The number of nitrogens with one attached hydrogen (secondary N) is 2. The molecular weight excluding hydrogens is 504 g/mol. The zero-order valence-electron chi connectivity index (χ0n) is 22.0. The number of para-hydroxylation sites is 1. The largest absolute Gasteiger partial charge is 0.379 e. The third-order valence-electron chi connectivity index (χ3n) is 6.95. The van der Waals surface area contributed by atoms with Crippen molar-refractivity contribution in [2.75, 3.05) is 36.6 Å². The molecule has 0 spiro atoms. The van der Waals surface area contributed by atoms with Crippen LogP contribution in [0.2, 0.25) is 0 Å². The van der Waals surface area contributed by atoms with Crippen LogP contribution in [0.25, 0.3) is 22.2 Å². The number of carbonyl (C=O) groups excluding carboxylic acids is 2. The molecule has 9 heteroatoms. The smallest absolute Gasteiger partial charge is 0.272 e. The quantitative estimate of drug-likeness (QED) is 0.316. The van der Waals surface area contributed by atoms with E-state index in [1.807, 2.05) is 78.7 Å². The van der Waals surface area contributed by atoms with Crippen molar-refractivity contribution in [3.63, 3.8) is 0 Å². The van der Waals surface area contributed by atoms with Gasteiger partial charge in [0, 0.05) is 41.5 Å². The number of benzene rings is 3. The van der Waals surface area contributed by atoms with E-state index in [0.29, 0.717) is 48.8 Å². The Hall–Kier alpha value is -4.86. The number of aromatic amines is 1. The van der Waals surface area contributed by atoms with Gasteiger partial charge in [0.25, 0.3) is 11.8 Å². The van der Waals surface area contributed by atoms with Crippen LogP contribution in [-0.4, -0.2) is 58.3 Å². The van der Waals surface area contributed by atoms with Crippen molar-refractivity contribution >= 4 is 34.1 Å². The number of aryl methyl sites for hydroxylation is 1. The molecule has 2 aromatic heterocycles. The van der Waals surface area contributed by atoms with Crippen molar-refractivity contribution in [2.24, 2.45) is 0 Å². The molecule has 6 rings (SSSR count). The lowest BCUT2D eigenvalue weighted by Gasteiger charge is -2.37. The molecule has 0 saturated carbocycles. The molecule has 0 radical (unpaired) electrons. The average molecular weight is 533 g/mol. The Labute approximate surface area is 231 Å². The summed E-state index contributed by atoms with van der Waals surface area (Å²) < 4.78 is 5.52. The molecule has 0 aliphatic carbocycles. The molecule has 1 aliphatic heterocycles. The molecule has 3 aromatic carbocycles. The summed E-state index contributed by atoms with van der Waals surface area (Å²) in [6, 6.07) is 24.4. The summed E-state index contributed by atoms with van der Waals surface area (Å²) in [6.45, 7) is 4.36. The zero-order chi connectivity index (χ0) is 27.5. The summed E-state index contributed by atoms with van der Waals surface area (Å²) in [5, 5.41) is 14.5. The van der Waals surface area contributed by atoms with Gasteiger partial charge in [0.15, 0.2) is 0 Å². The van der Waals surface area contributed by atoms with Crippen LogP contribution in [0.4, 0.5) is 11.4 Å².